The summed E-state index contributed by atoms with van der Waals surface area (Å²) in [6.45, 7) is 0.555. The highest BCUT2D eigenvalue weighted by molar-refractivity contribution is 9.10. The van der Waals surface area contributed by atoms with Gasteiger partial charge in [0.05, 0.1) is 22.1 Å². The van der Waals surface area contributed by atoms with E-state index in [1.807, 2.05) is 18.3 Å². The van der Waals surface area contributed by atoms with Gasteiger partial charge in [-0.3, -0.25) is 9.40 Å². The predicted octanol–water partition coefficient (Wildman–Crippen LogP) is 4.26. The third kappa shape index (κ3) is 4.25. The minimum absolute atomic E-state index is 0.215. The molecule has 0 saturated carbocycles. The van der Waals surface area contributed by atoms with Gasteiger partial charge in [0, 0.05) is 16.4 Å². The number of aromatic nitrogens is 2. The molecule has 124 valence electrons. The normalized spacial score (nSPS) is 11.4. The van der Waals surface area contributed by atoms with Gasteiger partial charge in [0.2, 0.25) is 0 Å². The molecule has 0 unspecified atom stereocenters. The highest BCUT2D eigenvalue weighted by Gasteiger charge is 2.14. The van der Waals surface area contributed by atoms with E-state index < -0.39 is 10.0 Å². The molecule has 0 spiro atoms. The zero-order chi connectivity index (χ0) is 17.2. The van der Waals surface area contributed by atoms with Gasteiger partial charge in [0.15, 0.2) is 0 Å². The Hall–Kier alpha value is -1.64. The van der Waals surface area contributed by atoms with Crippen LogP contribution in [0.2, 0.25) is 0 Å². The molecule has 0 aliphatic heterocycles. The maximum Gasteiger partial charge on any atom is 0.261 e. The Morgan fingerprint density at radius 2 is 1.79 bits per heavy atom. The van der Waals surface area contributed by atoms with Crippen LogP contribution in [0.1, 0.15) is 5.56 Å². The molecule has 1 heterocycles. The number of anilines is 1. The first-order chi connectivity index (χ1) is 11.4. The zero-order valence-electron chi connectivity index (χ0n) is 12.4. The van der Waals surface area contributed by atoms with Gasteiger partial charge in [-0.15, -0.1) is 0 Å². The molecule has 0 fully saturated rings. The molecule has 3 aromatic rings. The number of nitrogens with zero attached hydrogens (tertiary/aromatic N) is 2. The minimum Gasteiger partial charge on any atom is -0.280 e. The lowest BCUT2D eigenvalue weighted by Crippen LogP contribution is -2.13. The van der Waals surface area contributed by atoms with Crippen molar-refractivity contribution in [1.29, 1.82) is 0 Å². The average molecular weight is 471 g/mol. The monoisotopic (exact) mass is 469 g/mol. The van der Waals surface area contributed by atoms with Crippen LogP contribution in [0.15, 0.2) is 74.8 Å². The second-order valence-corrected chi connectivity index (χ2v) is 8.63. The molecule has 0 amide bonds. The van der Waals surface area contributed by atoms with Crippen molar-refractivity contribution in [2.24, 2.45) is 0 Å². The summed E-state index contributed by atoms with van der Waals surface area (Å²) in [5, 5.41) is 4.20. The summed E-state index contributed by atoms with van der Waals surface area (Å²) >= 11 is 6.65. The fraction of sp³-hybridized carbons (Fsp3) is 0.0625. The lowest BCUT2D eigenvalue weighted by atomic mass is 10.2. The topological polar surface area (TPSA) is 64.0 Å². The van der Waals surface area contributed by atoms with Crippen molar-refractivity contribution in [3.05, 3.63) is 75.4 Å². The van der Waals surface area contributed by atoms with E-state index in [0.29, 0.717) is 12.2 Å². The van der Waals surface area contributed by atoms with E-state index in [0.717, 1.165) is 14.5 Å². The predicted molar refractivity (Wildman–Crippen MR) is 100 cm³/mol. The molecule has 0 aliphatic rings. The van der Waals surface area contributed by atoms with Crippen molar-refractivity contribution in [3.8, 4) is 0 Å². The number of nitrogens with one attached hydrogen (secondary N) is 1. The molecule has 3 rings (SSSR count). The largest absolute Gasteiger partial charge is 0.280 e. The Labute approximate surface area is 157 Å². The van der Waals surface area contributed by atoms with Crippen LogP contribution in [0, 0.1) is 0 Å². The number of hydrogen-bond acceptors (Lipinski definition) is 3. The van der Waals surface area contributed by atoms with Crippen molar-refractivity contribution in [3.63, 3.8) is 0 Å². The van der Waals surface area contributed by atoms with E-state index >= 15 is 0 Å². The van der Waals surface area contributed by atoms with Crippen LogP contribution in [-0.2, 0) is 16.6 Å². The maximum atomic E-state index is 12.4. The summed E-state index contributed by atoms with van der Waals surface area (Å²) in [6, 6.07) is 13.8. The molecular weight excluding hydrogens is 458 g/mol. The summed E-state index contributed by atoms with van der Waals surface area (Å²) in [6.07, 6.45) is 3.57. The number of benzene rings is 2. The third-order valence-corrected chi connectivity index (χ3v) is 5.58. The average Bonchev–Trinajstić information content (AvgIpc) is 2.92. The van der Waals surface area contributed by atoms with Crippen LogP contribution in [0.25, 0.3) is 0 Å². The van der Waals surface area contributed by atoms with Crippen molar-refractivity contribution in [1.82, 2.24) is 9.78 Å². The van der Waals surface area contributed by atoms with E-state index in [-0.39, 0.29) is 4.90 Å². The summed E-state index contributed by atoms with van der Waals surface area (Å²) in [5.74, 6) is 0. The van der Waals surface area contributed by atoms with E-state index in [4.69, 9.17) is 0 Å². The number of hydrogen-bond donors (Lipinski definition) is 1. The molecule has 5 nitrogen and oxygen atoms in total. The van der Waals surface area contributed by atoms with E-state index in [9.17, 15) is 8.42 Å². The van der Waals surface area contributed by atoms with Crippen molar-refractivity contribution < 1.29 is 8.42 Å². The smallest absolute Gasteiger partial charge is 0.261 e. The third-order valence-electron chi connectivity index (χ3n) is 3.25. The van der Waals surface area contributed by atoms with E-state index in [2.05, 4.69) is 41.7 Å². The van der Waals surface area contributed by atoms with Crippen LogP contribution >= 0.6 is 31.9 Å². The van der Waals surface area contributed by atoms with Crippen molar-refractivity contribution >= 4 is 47.6 Å². The highest BCUT2D eigenvalue weighted by Crippen LogP contribution is 2.20. The Kier molecular flexibility index (Phi) is 5.07. The summed E-state index contributed by atoms with van der Waals surface area (Å²) in [7, 11) is -3.62. The summed E-state index contributed by atoms with van der Waals surface area (Å²) in [5.41, 5.74) is 1.46. The molecule has 0 atom stereocenters. The van der Waals surface area contributed by atoms with Gasteiger partial charge in [-0.25, -0.2) is 8.42 Å². The Morgan fingerprint density at radius 3 is 2.46 bits per heavy atom. The maximum absolute atomic E-state index is 12.4. The van der Waals surface area contributed by atoms with Gasteiger partial charge < -0.3 is 0 Å². The SMILES string of the molecule is O=S(=O)(Nc1cccc(Cn2cc(Br)cn2)c1)c1ccc(Br)cc1. The minimum atomic E-state index is -3.62. The highest BCUT2D eigenvalue weighted by atomic mass is 79.9. The molecule has 8 heteroatoms. The first-order valence-electron chi connectivity index (χ1n) is 6.98. The summed E-state index contributed by atoms with van der Waals surface area (Å²) < 4.78 is 31.0. The molecule has 1 aromatic heterocycles. The van der Waals surface area contributed by atoms with Gasteiger partial charge in [0.1, 0.15) is 0 Å². The Bertz CT molecular complexity index is 953. The molecule has 0 aliphatic carbocycles. The van der Waals surface area contributed by atoms with Gasteiger partial charge in [0.25, 0.3) is 10.0 Å². The lowest BCUT2D eigenvalue weighted by Gasteiger charge is -2.10. The van der Waals surface area contributed by atoms with Crippen LogP contribution in [0.3, 0.4) is 0 Å². The first kappa shape index (κ1) is 17.2. The molecule has 1 N–H and O–H groups in total. The first-order valence-corrected chi connectivity index (χ1v) is 10.0. The Morgan fingerprint density at radius 1 is 1.04 bits per heavy atom. The fourth-order valence-corrected chi connectivity index (χ4v) is 3.81. The van der Waals surface area contributed by atoms with Gasteiger partial charge in [-0.2, -0.15) is 5.10 Å². The molecule has 24 heavy (non-hydrogen) atoms. The van der Waals surface area contributed by atoms with Gasteiger partial charge >= 0.3 is 0 Å². The van der Waals surface area contributed by atoms with Crippen LogP contribution in [-0.4, -0.2) is 18.2 Å². The second-order valence-electron chi connectivity index (χ2n) is 5.12. The molecule has 0 radical (unpaired) electrons. The lowest BCUT2D eigenvalue weighted by molar-refractivity contribution is 0.601. The second kappa shape index (κ2) is 7.08. The molecule has 0 bridgehead atoms. The van der Waals surface area contributed by atoms with E-state index in [1.54, 1.807) is 47.3 Å². The summed E-state index contributed by atoms with van der Waals surface area (Å²) in [4.78, 5) is 0.215. The fourth-order valence-electron chi connectivity index (χ4n) is 2.17. The molecule has 2 aromatic carbocycles. The van der Waals surface area contributed by atoms with Crippen LogP contribution in [0.4, 0.5) is 5.69 Å². The molecular formula is C16H13Br2N3O2S. The van der Waals surface area contributed by atoms with Crippen molar-refractivity contribution in [2.45, 2.75) is 11.4 Å². The quantitative estimate of drug-likeness (QED) is 0.605. The van der Waals surface area contributed by atoms with E-state index in [1.165, 1.54) is 0 Å². The zero-order valence-corrected chi connectivity index (χ0v) is 16.3. The van der Waals surface area contributed by atoms with Crippen LogP contribution < -0.4 is 4.72 Å². The van der Waals surface area contributed by atoms with Gasteiger partial charge in [-0.1, -0.05) is 28.1 Å². The number of rotatable bonds is 5. The van der Waals surface area contributed by atoms with Crippen molar-refractivity contribution in [2.75, 3.05) is 4.72 Å². The number of sulfonamides is 1. The van der Waals surface area contributed by atoms with Gasteiger partial charge in [-0.05, 0) is 57.9 Å². The number of halogens is 2. The molecule has 0 saturated heterocycles. The Balaban J connectivity index is 1.80. The standard InChI is InChI=1S/C16H13Br2N3O2S/c17-13-4-6-16(7-5-13)24(22,23)20-15-3-1-2-12(8-15)10-21-11-14(18)9-19-21/h1-9,11,20H,10H2. The van der Waals surface area contributed by atoms with Crippen LogP contribution in [0.5, 0.6) is 0 Å².